The third-order valence-corrected chi connectivity index (χ3v) is 5.21. The summed E-state index contributed by atoms with van der Waals surface area (Å²) in [5.74, 6) is 1.11. The van der Waals surface area contributed by atoms with E-state index in [1.54, 1.807) is 0 Å². The average molecular weight is 281 g/mol. The van der Waals surface area contributed by atoms with Crippen LogP contribution in [-0.2, 0) is 4.79 Å². The van der Waals surface area contributed by atoms with E-state index in [1.165, 1.54) is 12.8 Å². The van der Waals surface area contributed by atoms with Crippen LogP contribution in [0.3, 0.4) is 0 Å². The fraction of sp³-hybridized carbons (Fsp3) is 0.938. The van der Waals surface area contributed by atoms with Gasteiger partial charge in [0.2, 0.25) is 5.91 Å². The highest BCUT2D eigenvalue weighted by Crippen LogP contribution is 2.27. The largest absolute Gasteiger partial charge is 0.343 e. The molecule has 1 saturated carbocycles. The minimum Gasteiger partial charge on any atom is -0.343 e. The first-order valence-electron chi connectivity index (χ1n) is 8.26. The van der Waals surface area contributed by atoms with Crippen molar-refractivity contribution in [2.75, 3.05) is 27.2 Å². The van der Waals surface area contributed by atoms with Gasteiger partial charge in [0.25, 0.3) is 0 Å². The number of nitrogens with two attached hydrogens (primary N) is 1. The first-order valence-corrected chi connectivity index (χ1v) is 8.26. The van der Waals surface area contributed by atoms with Crippen molar-refractivity contribution < 1.29 is 4.79 Å². The molecule has 2 fully saturated rings. The average Bonchev–Trinajstić information content (AvgIpc) is 2.46. The van der Waals surface area contributed by atoms with Crippen LogP contribution in [0, 0.1) is 5.92 Å². The van der Waals surface area contributed by atoms with E-state index in [0.717, 1.165) is 57.5 Å². The van der Waals surface area contributed by atoms with Crippen molar-refractivity contribution in [2.45, 2.75) is 63.5 Å². The molecule has 4 nitrogen and oxygen atoms in total. The van der Waals surface area contributed by atoms with Crippen LogP contribution in [-0.4, -0.2) is 55.0 Å². The van der Waals surface area contributed by atoms with Gasteiger partial charge in [-0.15, -0.1) is 0 Å². The van der Waals surface area contributed by atoms with E-state index in [4.69, 9.17) is 5.73 Å². The Morgan fingerprint density at radius 3 is 2.25 bits per heavy atom. The quantitative estimate of drug-likeness (QED) is 0.855. The van der Waals surface area contributed by atoms with Crippen molar-refractivity contribution in [3.05, 3.63) is 0 Å². The van der Waals surface area contributed by atoms with Crippen LogP contribution < -0.4 is 5.73 Å². The van der Waals surface area contributed by atoms with E-state index >= 15 is 0 Å². The van der Waals surface area contributed by atoms with Gasteiger partial charge in [0.05, 0.1) is 0 Å². The molecule has 20 heavy (non-hydrogen) atoms. The third kappa shape index (κ3) is 4.45. The van der Waals surface area contributed by atoms with Gasteiger partial charge in [-0.05, 0) is 65.0 Å². The number of rotatable bonds is 4. The fourth-order valence-electron chi connectivity index (χ4n) is 3.59. The van der Waals surface area contributed by atoms with E-state index in [1.807, 2.05) is 0 Å². The Labute approximate surface area is 123 Å². The van der Waals surface area contributed by atoms with Gasteiger partial charge in [0, 0.05) is 31.6 Å². The Morgan fingerprint density at radius 1 is 1.10 bits per heavy atom. The predicted molar refractivity (Wildman–Crippen MR) is 82.5 cm³/mol. The molecule has 1 saturated heterocycles. The van der Waals surface area contributed by atoms with Crippen LogP contribution in [0.4, 0.5) is 0 Å². The molecule has 0 aromatic rings. The van der Waals surface area contributed by atoms with Crippen LogP contribution in [0.15, 0.2) is 0 Å². The van der Waals surface area contributed by atoms with Crippen LogP contribution in [0.5, 0.6) is 0 Å². The standard InChI is InChI=1S/C16H31N3O/c1-18(2)15-9-11-19(12-10-15)16(20)8-5-13-3-6-14(17)7-4-13/h13-15H,3-12,17H2,1-2H3. The van der Waals surface area contributed by atoms with Crippen molar-refractivity contribution in [1.29, 1.82) is 0 Å². The minimum atomic E-state index is 0.372. The van der Waals surface area contributed by atoms with Gasteiger partial charge in [-0.25, -0.2) is 0 Å². The number of nitrogens with zero attached hydrogens (tertiary/aromatic N) is 2. The first-order chi connectivity index (χ1) is 9.56. The summed E-state index contributed by atoms with van der Waals surface area (Å²) in [5.41, 5.74) is 5.93. The molecule has 0 atom stereocenters. The molecule has 0 unspecified atom stereocenters. The lowest BCUT2D eigenvalue weighted by Crippen LogP contribution is -2.44. The molecule has 0 bridgehead atoms. The van der Waals surface area contributed by atoms with E-state index in [2.05, 4.69) is 23.9 Å². The molecule has 1 aliphatic carbocycles. The number of hydrogen-bond acceptors (Lipinski definition) is 3. The maximum absolute atomic E-state index is 12.3. The maximum atomic E-state index is 12.3. The number of carbonyl (C=O) groups is 1. The molecule has 1 heterocycles. The SMILES string of the molecule is CN(C)C1CCN(C(=O)CCC2CCC(N)CC2)CC1. The highest BCUT2D eigenvalue weighted by molar-refractivity contribution is 5.76. The van der Waals surface area contributed by atoms with Gasteiger partial charge in [-0.2, -0.15) is 0 Å². The molecule has 116 valence electrons. The lowest BCUT2D eigenvalue weighted by atomic mass is 9.83. The fourth-order valence-corrected chi connectivity index (χ4v) is 3.59. The van der Waals surface area contributed by atoms with Crippen molar-refractivity contribution >= 4 is 5.91 Å². The number of carbonyl (C=O) groups excluding carboxylic acids is 1. The van der Waals surface area contributed by atoms with Crippen LogP contribution >= 0.6 is 0 Å². The zero-order valence-corrected chi connectivity index (χ0v) is 13.2. The van der Waals surface area contributed by atoms with Gasteiger partial charge >= 0.3 is 0 Å². The number of amides is 1. The molecule has 1 aliphatic heterocycles. The second kappa shape index (κ2) is 7.41. The summed E-state index contributed by atoms with van der Waals surface area (Å²) in [5, 5.41) is 0. The molecule has 0 aromatic carbocycles. The monoisotopic (exact) mass is 281 g/mol. The van der Waals surface area contributed by atoms with Crippen molar-refractivity contribution in [3.8, 4) is 0 Å². The Hall–Kier alpha value is -0.610. The number of piperidine rings is 1. The highest BCUT2D eigenvalue weighted by atomic mass is 16.2. The topological polar surface area (TPSA) is 49.6 Å². The van der Waals surface area contributed by atoms with Crippen molar-refractivity contribution in [3.63, 3.8) is 0 Å². The minimum absolute atomic E-state index is 0.372. The van der Waals surface area contributed by atoms with E-state index < -0.39 is 0 Å². The molecular formula is C16H31N3O. The summed E-state index contributed by atoms with van der Waals surface area (Å²) in [6, 6.07) is 1.06. The predicted octanol–water partition coefficient (Wildman–Crippen LogP) is 1.84. The van der Waals surface area contributed by atoms with Gasteiger partial charge < -0.3 is 15.5 Å². The summed E-state index contributed by atoms with van der Waals surface area (Å²) >= 11 is 0. The molecule has 0 spiro atoms. The Morgan fingerprint density at radius 2 is 1.70 bits per heavy atom. The smallest absolute Gasteiger partial charge is 0.222 e. The molecule has 2 rings (SSSR count). The van der Waals surface area contributed by atoms with Gasteiger partial charge in [0.1, 0.15) is 0 Å². The summed E-state index contributed by atoms with van der Waals surface area (Å²) < 4.78 is 0. The van der Waals surface area contributed by atoms with Crippen molar-refractivity contribution in [2.24, 2.45) is 11.7 Å². The zero-order valence-electron chi connectivity index (χ0n) is 13.2. The highest BCUT2D eigenvalue weighted by Gasteiger charge is 2.25. The third-order valence-electron chi connectivity index (χ3n) is 5.21. The molecule has 2 N–H and O–H groups in total. The summed E-state index contributed by atoms with van der Waals surface area (Å²) in [7, 11) is 4.27. The van der Waals surface area contributed by atoms with Crippen LogP contribution in [0.1, 0.15) is 51.4 Å². The second-order valence-electron chi connectivity index (χ2n) is 6.90. The normalized spacial score (nSPS) is 28.9. The number of hydrogen-bond donors (Lipinski definition) is 1. The second-order valence-corrected chi connectivity index (χ2v) is 6.90. The molecule has 4 heteroatoms. The van der Waals surface area contributed by atoms with Crippen LogP contribution in [0.2, 0.25) is 0 Å². The Balaban J connectivity index is 1.65. The van der Waals surface area contributed by atoms with Crippen LogP contribution in [0.25, 0.3) is 0 Å². The Bertz CT molecular complexity index is 303. The molecule has 0 aromatic heterocycles. The first kappa shape index (κ1) is 15.8. The van der Waals surface area contributed by atoms with Crippen molar-refractivity contribution in [1.82, 2.24) is 9.80 Å². The molecule has 0 radical (unpaired) electrons. The lowest BCUT2D eigenvalue weighted by molar-refractivity contribution is -0.133. The number of likely N-dealkylation sites (tertiary alicyclic amines) is 1. The van der Waals surface area contributed by atoms with Gasteiger partial charge in [-0.3, -0.25) is 4.79 Å². The molecule has 1 amide bonds. The van der Waals surface area contributed by atoms with Gasteiger partial charge in [0.15, 0.2) is 0 Å². The zero-order chi connectivity index (χ0) is 14.5. The van der Waals surface area contributed by atoms with Gasteiger partial charge in [-0.1, -0.05) is 0 Å². The van der Waals surface area contributed by atoms with E-state index in [-0.39, 0.29) is 0 Å². The summed E-state index contributed by atoms with van der Waals surface area (Å²) in [4.78, 5) is 16.6. The molecular weight excluding hydrogens is 250 g/mol. The lowest BCUT2D eigenvalue weighted by Gasteiger charge is -2.35. The molecule has 2 aliphatic rings. The maximum Gasteiger partial charge on any atom is 0.222 e. The van der Waals surface area contributed by atoms with E-state index in [9.17, 15) is 4.79 Å². The summed E-state index contributed by atoms with van der Waals surface area (Å²) in [6.07, 6.45) is 8.79. The summed E-state index contributed by atoms with van der Waals surface area (Å²) in [6.45, 7) is 1.88. The Kier molecular flexibility index (Phi) is 5.85. The van der Waals surface area contributed by atoms with E-state index in [0.29, 0.717) is 18.0 Å².